The van der Waals surface area contributed by atoms with Crippen molar-refractivity contribution in [3.05, 3.63) is 53.1 Å². The molecule has 0 unspecified atom stereocenters. The average molecular weight is 390 g/mol. The Kier molecular flexibility index (Phi) is 12.0. The van der Waals surface area contributed by atoms with Crippen LogP contribution in [0.5, 0.6) is 0 Å². The van der Waals surface area contributed by atoms with Crippen molar-refractivity contribution in [1.29, 1.82) is 0 Å². The van der Waals surface area contributed by atoms with Crippen molar-refractivity contribution in [1.82, 2.24) is 0 Å². The van der Waals surface area contributed by atoms with Crippen molar-refractivity contribution in [3.63, 3.8) is 0 Å². The second-order valence-electron chi connectivity index (χ2n) is 6.63. The maximum atomic E-state index is 12.5. The van der Waals surface area contributed by atoms with E-state index in [1.807, 2.05) is 31.2 Å². The summed E-state index contributed by atoms with van der Waals surface area (Å²) >= 11 is 0. The third-order valence-corrected chi connectivity index (χ3v) is 4.27. The molecule has 0 aliphatic heterocycles. The molecule has 12 N–H and O–H groups in total. The number of rotatable bonds is 7. The highest BCUT2D eigenvalue weighted by Gasteiger charge is 2.22. The molecule has 0 bridgehead atoms. The van der Waals surface area contributed by atoms with E-state index in [0.29, 0.717) is 0 Å². The number of hydrogen-bond donors (Lipinski definition) is 5. The molecule has 0 saturated heterocycles. The Labute approximate surface area is 168 Å². The zero-order chi connectivity index (χ0) is 20.8. The third-order valence-electron chi connectivity index (χ3n) is 4.27. The van der Waals surface area contributed by atoms with Gasteiger partial charge < -0.3 is 27.8 Å². The van der Waals surface area contributed by atoms with Crippen LogP contribution in [0.1, 0.15) is 29.8 Å². The van der Waals surface area contributed by atoms with E-state index in [9.17, 15) is 4.79 Å². The van der Waals surface area contributed by atoms with Gasteiger partial charge in [-0.1, -0.05) is 43.3 Å². The van der Waals surface area contributed by atoms with Gasteiger partial charge in [-0.2, -0.15) is 0 Å². The van der Waals surface area contributed by atoms with Crippen molar-refractivity contribution in [2.75, 3.05) is 45.8 Å². The Morgan fingerprint density at radius 1 is 0.964 bits per heavy atom. The highest BCUT2D eigenvalue weighted by molar-refractivity contribution is 6.22. The van der Waals surface area contributed by atoms with E-state index in [0.717, 1.165) is 60.2 Å². The molecule has 0 atom stereocenters. The minimum atomic E-state index is 0.171. The Balaban J connectivity index is 0.000000370. The molecule has 1 aliphatic carbocycles. The molecule has 2 aromatic carbocycles. The molecule has 2 aromatic rings. The largest absolute Gasteiger partial charge is 0.353 e. The van der Waals surface area contributed by atoms with Gasteiger partial charge in [-0.05, 0) is 30.5 Å². The first-order valence-corrected chi connectivity index (χ1v) is 10.3. The molecule has 28 heavy (non-hydrogen) atoms. The standard InChI is InChI=1S/C16H16N2O.C4H12N2.C2H7N/c17-7-8-18-10-13-9-12-5-1-3-11-4-2-6-14(15(11)12)16(13)19;1-2-6-4-3-5;1-2-3/h1-6,9,18H,7-8,10,17H2;6H,2-5H2,1H3;2-3H2,1H3/p+4. The summed E-state index contributed by atoms with van der Waals surface area (Å²) < 4.78 is 0. The molecule has 154 valence electrons. The second kappa shape index (κ2) is 14.0. The topological polar surface area (TPSA) is 132 Å². The molecule has 0 amide bonds. The smallest absolute Gasteiger partial charge is 0.195 e. The minimum Gasteiger partial charge on any atom is -0.353 e. The van der Waals surface area contributed by atoms with E-state index in [4.69, 9.17) is 5.73 Å². The maximum absolute atomic E-state index is 12.5. The van der Waals surface area contributed by atoms with Gasteiger partial charge in [-0.3, -0.25) is 4.79 Å². The Morgan fingerprint density at radius 2 is 1.57 bits per heavy atom. The van der Waals surface area contributed by atoms with Crippen LogP contribution in [0.2, 0.25) is 0 Å². The molecule has 1 aliphatic rings. The first-order valence-electron chi connectivity index (χ1n) is 10.3. The van der Waals surface area contributed by atoms with Crippen LogP contribution in [0.4, 0.5) is 0 Å². The summed E-state index contributed by atoms with van der Waals surface area (Å²) in [4.78, 5) is 12.5. The Hall–Kier alpha value is -2.09. The summed E-state index contributed by atoms with van der Waals surface area (Å²) in [6.07, 6.45) is 2.04. The molecule has 6 nitrogen and oxygen atoms in total. The Bertz CT molecular complexity index is 748. The van der Waals surface area contributed by atoms with Crippen LogP contribution in [0.3, 0.4) is 0 Å². The number of carbonyl (C=O) groups is 1. The van der Waals surface area contributed by atoms with Gasteiger partial charge >= 0.3 is 0 Å². The van der Waals surface area contributed by atoms with Gasteiger partial charge in [-0.25, -0.2) is 0 Å². The second-order valence-corrected chi connectivity index (χ2v) is 6.63. The summed E-state index contributed by atoms with van der Waals surface area (Å²) in [5.74, 6) is 0.171. The number of benzene rings is 2. The summed E-state index contributed by atoms with van der Waals surface area (Å²) in [6, 6.07) is 12.1. The predicted molar refractivity (Wildman–Crippen MR) is 115 cm³/mol. The zero-order valence-electron chi connectivity index (χ0n) is 17.5. The van der Waals surface area contributed by atoms with Crippen molar-refractivity contribution in [3.8, 4) is 0 Å². The molecular formula is C22H39N5O+4. The quantitative estimate of drug-likeness (QED) is 0.351. The van der Waals surface area contributed by atoms with E-state index < -0.39 is 0 Å². The van der Waals surface area contributed by atoms with Gasteiger partial charge in [0.05, 0.1) is 12.1 Å². The van der Waals surface area contributed by atoms with Gasteiger partial charge in [0.25, 0.3) is 0 Å². The number of Topliss-reactive ketones (excluding diaryl/α,β-unsaturated/α-hetero) is 1. The summed E-state index contributed by atoms with van der Waals surface area (Å²) in [5.41, 5.74) is 15.2. The highest BCUT2D eigenvalue weighted by Crippen LogP contribution is 2.30. The fraction of sp³-hybridized carbons (Fsp3) is 0.409. The highest BCUT2D eigenvalue weighted by atomic mass is 16.1. The molecule has 0 fully saturated rings. The lowest BCUT2D eigenvalue weighted by Crippen LogP contribution is -2.88. The SMILES string of the molecule is CCN.CC[NH2+]CC[NH3+].[NH3+]CC[NH2+]CC1=Cc2cccc3cccc(c23)C1=O. The van der Waals surface area contributed by atoms with Crippen LogP contribution in [0, 0.1) is 0 Å². The predicted octanol–water partition coefficient (Wildman–Crippen LogP) is -2.00. The number of likely N-dealkylation sites (N-methyl/N-ethyl adjacent to an activating group) is 1. The van der Waals surface area contributed by atoms with Crippen LogP contribution >= 0.6 is 0 Å². The lowest BCUT2D eigenvalue weighted by Gasteiger charge is -2.16. The van der Waals surface area contributed by atoms with Crippen molar-refractivity contribution >= 4 is 22.6 Å². The van der Waals surface area contributed by atoms with E-state index in [-0.39, 0.29) is 5.78 Å². The van der Waals surface area contributed by atoms with Crippen molar-refractivity contribution < 1.29 is 26.9 Å². The molecule has 0 saturated carbocycles. The lowest BCUT2D eigenvalue weighted by atomic mass is 9.88. The van der Waals surface area contributed by atoms with Crippen LogP contribution < -0.4 is 27.8 Å². The van der Waals surface area contributed by atoms with Gasteiger partial charge in [0.2, 0.25) is 0 Å². The zero-order valence-corrected chi connectivity index (χ0v) is 17.5. The maximum Gasteiger partial charge on any atom is 0.195 e. The van der Waals surface area contributed by atoms with Gasteiger partial charge in [-0.15, -0.1) is 0 Å². The normalized spacial score (nSPS) is 11.9. The fourth-order valence-corrected chi connectivity index (χ4v) is 3.01. The molecule has 0 radical (unpaired) electrons. The summed E-state index contributed by atoms with van der Waals surface area (Å²) in [6.45, 7) is 10.8. The minimum absolute atomic E-state index is 0.171. The summed E-state index contributed by atoms with van der Waals surface area (Å²) in [7, 11) is 0. The number of nitrogens with two attached hydrogens (primary N) is 3. The number of hydrogen-bond acceptors (Lipinski definition) is 2. The van der Waals surface area contributed by atoms with Crippen LogP contribution in [-0.2, 0) is 0 Å². The first kappa shape index (κ1) is 23.9. The average Bonchev–Trinajstić information content (AvgIpc) is 2.71. The molecule has 0 heterocycles. The molecular weight excluding hydrogens is 350 g/mol. The van der Waals surface area contributed by atoms with Crippen molar-refractivity contribution in [2.24, 2.45) is 5.73 Å². The first-order chi connectivity index (χ1) is 13.6. The van der Waals surface area contributed by atoms with Crippen LogP contribution in [0.15, 0.2) is 42.0 Å². The molecule has 0 spiro atoms. The van der Waals surface area contributed by atoms with E-state index in [1.165, 1.54) is 13.1 Å². The fourth-order valence-electron chi connectivity index (χ4n) is 3.01. The van der Waals surface area contributed by atoms with Crippen molar-refractivity contribution in [2.45, 2.75) is 13.8 Å². The van der Waals surface area contributed by atoms with Gasteiger partial charge in [0.1, 0.15) is 32.7 Å². The third kappa shape index (κ3) is 7.14. The lowest BCUT2D eigenvalue weighted by molar-refractivity contribution is -0.667. The number of ketones is 1. The molecule has 0 aromatic heterocycles. The van der Waals surface area contributed by atoms with Gasteiger partial charge in [0.15, 0.2) is 5.78 Å². The van der Waals surface area contributed by atoms with E-state index in [1.54, 1.807) is 0 Å². The van der Waals surface area contributed by atoms with Gasteiger partial charge in [0, 0.05) is 10.9 Å². The monoisotopic (exact) mass is 389 g/mol. The van der Waals surface area contributed by atoms with Crippen LogP contribution in [0.25, 0.3) is 16.8 Å². The number of carbonyl (C=O) groups excluding carboxylic acids is 1. The number of quaternary nitrogens is 4. The summed E-state index contributed by atoms with van der Waals surface area (Å²) in [5, 5.41) is 6.62. The molecule has 3 rings (SSSR count). The van der Waals surface area contributed by atoms with E-state index >= 15 is 0 Å². The Morgan fingerprint density at radius 3 is 2.14 bits per heavy atom. The van der Waals surface area contributed by atoms with Crippen LogP contribution in [-0.4, -0.2) is 51.6 Å². The molecule has 6 heteroatoms. The van der Waals surface area contributed by atoms with E-state index in [2.05, 4.69) is 47.2 Å².